The molecule has 1 aromatic carbocycles. The molecule has 0 spiro atoms. The summed E-state index contributed by atoms with van der Waals surface area (Å²) in [5.74, 6) is 10.5. The fraction of sp³-hybridized carbons (Fsp3) is 0.579. The molecule has 0 saturated heterocycles. The van der Waals surface area contributed by atoms with Crippen LogP contribution in [0.4, 0.5) is 0 Å². The van der Waals surface area contributed by atoms with Gasteiger partial charge in [0.2, 0.25) is 0 Å². The zero-order valence-corrected chi connectivity index (χ0v) is 13.5. The van der Waals surface area contributed by atoms with E-state index in [0.29, 0.717) is 5.88 Å². The highest BCUT2D eigenvalue weighted by atomic mass is 35.5. The summed E-state index contributed by atoms with van der Waals surface area (Å²) in [6.45, 7) is 2.95. The average Bonchev–Trinajstić information content (AvgIpc) is 3.09. The van der Waals surface area contributed by atoms with E-state index in [2.05, 4.69) is 37.0 Å². The van der Waals surface area contributed by atoms with Gasteiger partial charge in [-0.25, -0.2) is 0 Å². The van der Waals surface area contributed by atoms with E-state index in [1.807, 2.05) is 0 Å². The van der Waals surface area contributed by atoms with Crippen molar-refractivity contribution >= 4 is 11.6 Å². The number of ether oxygens (including phenoxy) is 1. The van der Waals surface area contributed by atoms with Crippen LogP contribution in [0.2, 0.25) is 0 Å². The summed E-state index contributed by atoms with van der Waals surface area (Å²) in [5.41, 5.74) is 2.22. The summed E-state index contributed by atoms with van der Waals surface area (Å²) in [5, 5.41) is 0. The predicted octanol–water partition coefficient (Wildman–Crippen LogP) is 4.79. The molecule has 3 atom stereocenters. The summed E-state index contributed by atoms with van der Waals surface area (Å²) in [6.07, 6.45) is 6.38. The van der Waals surface area contributed by atoms with E-state index < -0.39 is 0 Å². The highest BCUT2D eigenvalue weighted by molar-refractivity contribution is 6.18. The van der Waals surface area contributed by atoms with Crippen LogP contribution in [-0.4, -0.2) is 12.5 Å². The van der Waals surface area contributed by atoms with Gasteiger partial charge in [-0.3, -0.25) is 0 Å². The lowest BCUT2D eigenvalue weighted by atomic mass is 9.89. The number of rotatable bonds is 4. The van der Waals surface area contributed by atoms with Crippen LogP contribution in [-0.2, 0) is 0 Å². The molecule has 1 nitrogen and oxygen atoms in total. The van der Waals surface area contributed by atoms with Crippen molar-refractivity contribution in [3.63, 3.8) is 0 Å². The minimum Gasteiger partial charge on any atom is -0.492 e. The molecule has 2 fully saturated rings. The van der Waals surface area contributed by atoms with Gasteiger partial charge in [0.05, 0.1) is 12.2 Å². The van der Waals surface area contributed by atoms with Gasteiger partial charge >= 0.3 is 0 Å². The molecule has 0 amide bonds. The fourth-order valence-corrected chi connectivity index (χ4v) is 3.94. The van der Waals surface area contributed by atoms with Crippen LogP contribution in [0.1, 0.15) is 43.2 Å². The molecular weight excluding hydrogens is 280 g/mol. The van der Waals surface area contributed by atoms with Crippen molar-refractivity contribution in [3.8, 4) is 17.6 Å². The monoisotopic (exact) mass is 302 g/mol. The van der Waals surface area contributed by atoms with Crippen LogP contribution in [0.5, 0.6) is 5.75 Å². The summed E-state index contributed by atoms with van der Waals surface area (Å²) in [7, 11) is 0. The molecular formula is C19H23ClO. The minimum atomic E-state index is 0.583. The summed E-state index contributed by atoms with van der Waals surface area (Å²) in [4.78, 5) is 0. The van der Waals surface area contributed by atoms with Crippen LogP contribution in [0, 0.1) is 36.5 Å². The molecule has 0 radical (unpaired) electrons. The third kappa shape index (κ3) is 3.55. The van der Waals surface area contributed by atoms with E-state index in [1.54, 1.807) is 0 Å². The molecule has 1 aromatic rings. The second kappa shape index (κ2) is 6.75. The lowest BCUT2D eigenvalue weighted by Gasteiger charge is -2.22. The zero-order valence-electron chi connectivity index (χ0n) is 12.7. The Kier molecular flexibility index (Phi) is 4.76. The summed E-state index contributed by atoms with van der Waals surface area (Å²) in [6, 6.07) is 6.27. The third-order valence-electron chi connectivity index (χ3n) is 4.92. The van der Waals surface area contributed by atoms with Gasteiger partial charge < -0.3 is 4.74 Å². The number of alkyl halides is 1. The van der Waals surface area contributed by atoms with Crippen molar-refractivity contribution in [3.05, 3.63) is 29.3 Å². The quantitative estimate of drug-likeness (QED) is 0.574. The first kappa shape index (κ1) is 14.8. The van der Waals surface area contributed by atoms with Crippen molar-refractivity contribution < 1.29 is 4.74 Å². The molecule has 112 valence electrons. The van der Waals surface area contributed by atoms with Crippen molar-refractivity contribution in [1.29, 1.82) is 0 Å². The molecule has 0 aromatic heterocycles. The van der Waals surface area contributed by atoms with Gasteiger partial charge in [0.25, 0.3) is 0 Å². The molecule has 2 aliphatic carbocycles. The van der Waals surface area contributed by atoms with E-state index in [-0.39, 0.29) is 0 Å². The van der Waals surface area contributed by atoms with Crippen LogP contribution in [0.15, 0.2) is 18.2 Å². The fourth-order valence-electron chi connectivity index (χ4n) is 3.85. The first-order valence-corrected chi connectivity index (χ1v) is 8.58. The number of halogens is 1. The van der Waals surface area contributed by atoms with Crippen molar-refractivity contribution in [2.45, 2.75) is 39.0 Å². The molecule has 21 heavy (non-hydrogen) atoms. The molecule has 0 aliphatic heterocycles. The van der Waals surface area contributed by atoms with Gasteiger partial charge in [0, 0.05) is 12.3 Å². The van der Waals surface area contributed by atoms with E-state index in [0.717, 1.165) is 42.1 Å². The van der Waals surface area contributed by atoms with Gasteiger partial charge in [0.1, 0.15) is 5.75 Å². The molecule has 2 bridgehead atoms. The van der Waals surface area contributed by atoms with Crippen LogP contribution in [0.25, 0.3) is 0 Å². The Morgan fingerprint density at radius 3 is 2.90 bits per heavy atom. The van der Waals surface area contributed by atoms with Crippen molar-refractivity contribution in [1.82, 2.24) is 0 Å². The highest BCUT2D eigenvalue weighted by Crippen LogP contribution is 2.48. The first-order chi connectivity index (χ1) is 10.3. The Balaban J connectivity index is 1.66. The smallest absolute Gasteiger partial charge is 0.134 e. The normalized spacial score (nSPS) is 26.5. The molecule has 0 N–H and O–H groups in total. The minimum absolute atomic E-state index is 0.583. The second-order valence-corrected chi connectivity index (χ2v) is 6.86. The standard InChI is InChI=1S/C19H23ClO/c1-14-5-8-19(17(10-14)4-2-3-9-20)21-13-18-12-15-6-7-16(18)11-15/h5,8,10,15-16,18H,3,6-7,9,11-13H2,1H3. The summed E-state index contributed by atoms with van der Waals surface area (Å²) >= 11 is 5.69. The Morgan fingerprint density at radius 1 is 1.29 bits per heavy atom. The summed E-state index contributed by atoms with van der Waals surface area (Å²) < 4.78 is 6.12. The molecule has 2 heteroatoms. The van der Waals surface area contributed by atoms with Crippen molar-refractivity contribution in [2.24, 2.45) is 17.8 Å². The van der Waals surface area contributed by atoms with E-state index in [4.69, 9.17) is 16.3 Å². The van der Waals surface area contributed by atoms with Gasteiger partial charge in [-0.1, -0.05) is 24.3 Å². The van der Waals surface area contributed by atoms with Crippen LogP contribution < -0.4 is 4.74 Å². The molecule has 0 heterocycles. The van der Waals surface area contributed by atoms with Gasteiger partial charge in [-0.2, -0.15) is 0 Å². The zero-order chi connectivity index (χ0) is 14.7. The second-order valence-electron chi connectivity index (χ2n) is 6.49. The number of hydrogen-bond acceptors (Lipinski definition) is 1. The Hall–Kier alpha value is -1.13. The number of fused-ring (bicyclic) bond motifs is 2. The van der Waals surface area contributed by atoms with Gasteiger partial charge in [0.15, 0.2) is 0 Å². The topological polar surface area (TPSA) is 9.23 Å². The van der Waals surface area contributed by atoms with Gasteiger partial charge in [-0.05, 0) is 61.6 Å². The Labute approximate surface area is 133 Å². The molecule has 3 unspecified atom stereocenters. The molecule has 2 aliphatic rings. The van der Waals surface area contributed by atoms with Crippen LogP contribution >= 0.6 is 11.6 Å². The SMILES string of the molecule is Cc1ccc(OCC2CC3CCC2C3)c(C#CCCCl)c1. The van der Waals surface area contributed by atoms with Crippen molar-refractivity contribution in [2.75, 3.05) is 12.5 Å². The average molecular weight is 303 g/mol. The van der Waals surface area contributed by atoms with E-state index in [9.17, 15) is 0 Å². The van der Waals surface area contributed by atoms with Crippen LogP contribution in [0.3, 0.4) is 0 Å². The van der Waals surface area contributed by atoms with E-state index in [1.165, 1.54) is 31.2 Å². The maximum Gasteiger partial charge on any atom is 0.134 e. The lowest BCUT2D eigenvalue weighted by Crippen LogP contribution is -2.18. The molecule has 3 rings (SSSR count). The highest BCUT2D eigenvalue weighted by Gasteiger charge is 2.39. The largest absolute Gasteiger partial charge is 0.492 e. The maximum atomic E-state index is 6.12. The Morgan fingerprint density at radius 2 is 2.19 bits per heavy atom. The maximum absolute atomic E-state index is 6.12. The van der Waals surface area contributed by atoms with Gasteiger partial charge in [-0.15, -0.1) is 11.6 Å². The number of benzene rings is 1. The first-order valence-electron chi connectivity index (χ1n) is 8.04. The molecule has 2 saturated carbocycles. The van der Waals surface area contributed by atoms with E-state index >= 15 is 0 Å². The lowest BCUT2D eigenvalue weighted by molar-refractivity contribution is 0.195. The number of hydrogen-bond donors (Lipinski definition) is 0. The number of aryl methyl sites for hydroxylation is 1. The third-order valence-corrected chi connectivity index (χ3v) is 5.10. The predicted molar refractivity (Wildman–Crippen MR) is 87.8 cm³/mol. The Bertz CT molecular complexity index is 554.